The topological polar surface area (TPSA) is 47.3 Å². The highest BCUT2D eigenvalue weighted by atomic mass is 32.1. The van der Waals surface area contributed by atoms with Gasteiger partial charge in [0.1, 0.15) is 5.82 Å². The van der Waals surface area contributed by atoms with Gasteiger partial charge in [-0.25, -0.2) is 13.9 Å². The van der Waals surface area contributed by atoms with E-state index in [2.05, 4.69) is 11.2 Å². The fourth-order valence-corrected chi connectivity index (χ4v) is 4.65. The number of nitrogens with zero attached hydrogens (tertiary/aromatic N) is 3. The summed E-state index contributed by atoms with van der Waals surface area (Å²) in [6, 6.07) is 10.4. The third-order valence-electron chi connectivity index (χ3n) is 5.11. The standard InChI is InChI=1S/C21H16FN3OS/c1-12-20(13-4-6-15(22)7-5-13)21-23-17-9-14(19-3-2-8-27-19)10-18(26)16(17)11-25(21)24-12/h2-8,11,14H,9-10H2,1H3. The van der Waals surface area contributed by atoms with Gasteiger partial charge >= 0.3 is 0 Å². The highest BCUT2D eigenvalue weighted by Gasteiger charge is 2.29. The van der Waals surface area contributed by atoms with Gasteiger partial charge in [-0.15, -0.1) is 11.3 Å². The van der Waals surface area contributed by atoms with Crippen LogP contribution in [0.1, 0.15) is 39.0 Å². The van der Waals surface area contributed by atoms with Crippen LogP contribution in [0.15, 0.2) is 48.0 Å². The summed E-state index contributed by atoms with van der Waals surface area (Å²) in [5.41, 5.74) is 4.73. The second kappa shape index (κ2) is 6.09. The minimum absolute atomic E-state index is 0.112. The molecule has 4 aromatic rings. The minimum atomic E-state index is -0.275. The first-order valence-corrected chi connectivity index (χ1v) is 9.69. The predicted octanol–water partition coefficient (Wildman–Crippen LogP) is 4.82. The molecule has 1 atom stereocenters. The highest BCUT2D eigenvalue weighted by molar-refractivity contribution is 7.10. The van der Waals surface area contributed by atoms with Crippen LogP contribution < -0.4 is 0 Å². The smallest absolute Gasteiger partial charge is 0.166 e. The zero-order chi connectivity index (χ0) is 18.5. The van der Waals surface area contributed by atoms with Crippen LogP contribution >= 0.6 is 11.3 Å². The van der Waals surface area contributed by atoms with Gasteiger partial charge in [-0.1, -0.05) is 18.2 Å². The molecule has 6 heteroatoms. The summed E-state index contributed by atoms with van der Waals surface area (Å²) >= 11 is 1.68. The Hall–Kier alpha value is -2.86. The second-order valence-corrected chi connectivity index (χ2v) is 7.86. The predicted molar refractivity (Wildman–Crippen MR) is 103 cm³/mol. The molecule has 0 N–H and O–H groups in total. The molecule has 4 nitrogen and oxygen atoms in total. The van der Waals surface area contributed by atoms with Crippen molar-refractivity contribution in [3.8, 4) is 11.1 Å². The van der Waals surface area contributed by atoms with Crippen LogP contribution in [0.4, 0.5) is 4.39 Å². The number of rotatable bonds is 2. The van der Waals surface area contributed by atoms with Crippen molar-refractivity contribution in [3.63, 3.8) is 0 Å². The maximum absolute atomic E-state index is 13.3. The molecule has 3 heterocycles. The molecule has 1 aliphatic carbocycles. The Morgan fingerprint density at radius 2 is 2.00 bits per heavy atom. The lowest BCUT2D eigenvalue weighted by atomic mass is 9.85. The van der Waals surface area contributed by atoms with Crippen molar-refractivity contribution in [3.05, 3.63) is 75.6 Å². The molecule has 0 radical (unpaired) electrons. The molecular weight excluding hydrogens is 361 g/mol. The minimum Gasteiger partial charge on any atom is -0.294 e. The van der Waals surface area contributed by atoms with Crippen LogP contribution in [-0.4, -0.2) is 20.4 Å². The molecule has 1 unspecified atom stereocenters. The Kier molecular flexibility index (Phi) is 3.68. The lowest BCUT2D eigenvalue weighted by Crippen LogP contribution is -2.20. The van der Waals surface area contributed by atoms with E-state index in [1.165, 1.54) is 17.0 Å². The summed E-state index contributed by atoms with van der Waals surface area (Å²) in [6.07, 6.45) is 3.04. The fraction of sp³-hybridized carbons (Fsp3) is 0.190. The number of aromatic nitrogens is 3. The maximum atomic E-state index is 13.3. The number of carbonyl (C=O) groups is 1. The van der Waals surface area contributed by atoms with Crippen LogP contribution in [0.3, 0.4) is 0 Å². The lowest BCUT2D eigenvalue weighted by molar-refractivity contribution is 0.0963. The summed E-state index contributed by atoms with van der Waals surface area (Å²) in [7, 11) is 0. The number of benzene rings is 1. The van der Waals surface area contributed by atoms with Crippen molar-refractivity contribution < 1.29 is 9.18 Å². The first kappa shape index (κ1) is 16.3. The number of halogens is 1. The molecule has 0 fully saturated rings. The number of fused-ring (bicyclic) bond motifs is 2. The van der Waals surface area contributed by atoms with E-state index in [0.29, 0.717) is 17.6 Å². The maximum Gasteiger partial charge on any atom is 0.166 e. The van der Waals surface area contributed by atoms with Crippen LogP contribution in [0.2, 0.25) is 0 Å². The third kappa shape index (κ3) is 2.68. The van der Waals surface area contributed by atoms with Gasteiger partial charge in [-0.05, 0) is 42.5 Å². The van der Waals surface area contributed by atoms with Crippen molar-refractivity contribution in [1.29, 1.82) is 0 Å². The quantitative estimate of drug-likeness (QED) is 0.503. The fourth-order valence-electron chi connectivity index (χ4n) is 3.82. The van der Waals surface area contributed by atoms with E-state index in [1.54, 1.807) is 34.2 Å². The summed E-state index contributed by atoms with van der Waals surface area (Å²) in [6.45, 7) is 1.91. The van der Waals surface area contributed by atoms with Crippen molar-refractivity contribution in [1.82, 2.24) is 14.6 Å². The Bertz CT molecular complexity index is 1160. The molecule has 0 bridgehead atoms. The molecule has 5 rings (SSSR count). The molecule has 3 aromatic heterocycles. The van der Waals surface area contributed by atoms with Gasteiger partial charge in [0.25, 0.3) is 0 Å². The van der Waals surface area contributed by atoms with E-state index >= 15 is 0 Å². The molecule has 1 aromatic carbocycles. The number of Topliss-reactive ketones (excluding diaryl/α,β-unsaturated/α-hetero) is 1. The first-order chi connectivity index (χ1) is 13.1. The zero-order valence-electron chi connectivity index (χ0n) is 14.6. The van der Waals surface area contributed by atoms with Gasteiger partial charge in [0, 0.05) is 29.0 Å². The summed E-state index contributed by atoms with van der Waals surface area (Å²) in [5.74, 6) is 0.0152. The van der Waals surface area contributed by atoms with Crippen molar-refractivity contribution >= 4 is 22.8 Å². The molecule has 134 valence electrons. The molecule has 0 aliphatic heterocycles. The Balaban J connectivity index is 1.66. The molecule has 0 saturated carbocycles. The van der Waals surface area contributed by atoms with E-state index in [1.807, 2.05) is 18.4 Å². The Morgan fingerprint density at radius 1 is 1.19 bits per heavy atom. The highest BCUT2D eigenvalue weighted by Crippen LogP contribution is 2.35. The molecule has 0 spiro atoms. The van der Waals surface area contributed by atoms with Gasteiger partial charge in [0.2, 0.25) is 0 Å². The Morgan fingerprint density at radius 3 is 2.74 bits per heavy atom. The van der Waals surface area contributed by atoms with Crippen molar-refractivity contribution in [2.75, 3.05) is 0 Å². The van der Waals surface area contributed by atoms with Gasteiger partial charge in [-0.2, -0.15) is 5.10 Å². The van der Waals surface area contributed by atoms with Gasteiger partial charge < -0.3 is 0 Å². The van der Waals surface area contributed by atoms with Crippen LogP contribution in [-0.2, 0) is 6.42 Å². The number of thiophene rings is 1. The Labute approximate surface area is 159 Å². The zero-order valence-corrected chi connectivity index (χ0v) is 15.5. The first-order valence-electron chi connectivity index (χ1n) is 8.81. The largest absolute Gasteiger partial charge is 0.294 e. The second-order valence-electron chi connectivity index (χ2n) is 6.88. The van der Waals surface area contributed by atoms with Gasteiger partial charge in [0.15, 0.2) is 11.4 Å². The lowest BCUT2D eigenvalue weighted by Gasteiger charge is -2.22. The molecular formula is C21H16FN3OS. The average molecular weight is 377 g/mol. The van der Waals surface area contributed by atoms with Crippen LogP contribution in [0.25, 0.3) is 16.8 Å². The summed E-state index contributed by atoms with van der Waals surface area (Å²) in [5, 5.41) is 6.57. The molecule has 1 aliphatic rings. The van der Waals surface area contributed by atoms with E-state index in [4.69, 9.17) is 4.98 Å². The van der Waals surface area contributed by atoms with E-state index < -0.39 is 0 Å². The van der Waals surface area contributed by atoms with E-state index in [-0.39, 0.29) is 17.5 Å². The van der Waals surface area contributed by atoms with Crippen molar-refractivity contribution in [2.45, 2.75) is 25.7 Å². The summed E-state index contributed by atoms with van der Waals surface area (Å²) < 4.78 is 15.0. The SMILES string of the molecule is Cc1nn2cc3c(nc2c1-c1ccc(F)cc1)CC(c1cccs1)CC3=O. The average Bonchev–Trinajstić information content (AvgIpc) is 3.28. The molecule has 0 saturated heterocycles. The van der Waals surface area contributed by atoms with Gasteiger partial charge in [-0.3, -0.25) is 4.79 Å². The number of hydrogen-bond donors (Lipinski definition) is 0. The van der Waals surface area contributed by atoms with Crippen molar-refractivity contribution in [2.24, 2.45) is 0 Å². The number of carbonyl (C=O) groups excluding carboxylic acids is 1. The number of hydrogen-bond acceptors (Lipinski definition) is 4. The molecule has 27 heavy (non-hydrogen) atoms. The van der Waals surface area contributed by atoms with E-state index in [0.717, 1.165) is 28.9 Å². The number of ketones is 1. The van der Waals surface area contributed by atoms with Gasteiger partial charge in [0.05, 0.1) is 17.0 Å². The summed E-state index contributed by atoms with van der Waals surface area (Å²) in [4.78, 5) is 18.8. The van der Waals surface area contributed by atoms with Crippen LogP contribution in [0.5, 0.6) is 0 Å². The third-order valence-corrected chi connectivity index (χ3v) is 6.15. The molecule has 0 amide bonds. The number of aryl methyl sites for hydroxylation is 1. The van der Waals surface area contributed by atoms with Crippen LogP contribution in [0, 0.1) is 12.7 Å². The van der Waals surface area contributed by atoms with E-state index in [9.17, 15) is 9.18 Å². The monoisotopic (exact) mass is 377 g/mol. The normalized spacial score (nSPS) is 16.7.